The Morgan fingerprint density at radius 2 is 1.68 bits per heavy atom. The molecule has 0 amide bonds. The predicted octanol–water partition coefficient (Wildman–Crippen LogP) is 2.74. The first-order valence-electron chi connectivity index (χ1n) is 11.4. The summed E-state index contributed by atoms with van der Waals surface area (Å²) in [6.45, 7) is -0.160. The monoisotopic (exact) mass is 457 g/mol. The van der Waals surface area contributed by atoms with Crippen LogP contribution in [0, 0.1) is 0 Å². The topological polar surface area (TPSA) is 104 Å². The van der Waals surface area contributed by atoms with Crippen molar-refractivity contribution in [2.45, 2.75) is 43.2 Å². The molecular weight excluding hydrogens is 434 g/mol. The van der Waals surface area contributed by atoms with Crippen molar-refractivity contribution in [1.82, 2.24) is 19.5 Å². The zero-order valence-corrected chi connectivity index (χ0v) is 18.2. The predicted molar refractivity (Wildman–Crippen MR) is 122 cm³/mol. The molecule has 4 heterocycles. The first-order valence-corrected chi connectivity index (χ1v) is 11.4. The molecule has 0 radical (unpaired) electrons. The van der Waals surface area contributed by atoms with Crippen molar-refractivity contribution in [2.75, 3.05) is 11.9 Å². The second-order valence-electron chi connectivity index (χ2n) is 8.98. The molecule has 172 valence electrons. The highest BCUT2D eigenvalue weighted by Crippen LogP contribution is 2.48. The zero-order chi connectivity index (χ0) is 22.7. The fourth-order valence-electron chi connectivity index (χ4n) is 5.37. The Bertz CT molecular complexity index is 1330. The van der Waals surface area contributed by atoms with E-state index in [4.69, 9.17) is 14.2 Å². The maximum Gasteiger partial charge on any atom is 0.177 e. The number of benzene rings is 2. The van der Waals surface area contributed by atoms with Gasteiger partial charge in [0.2, 0.25) is 0 Å². The zero-order valence-electron chi connectivity index (χ0n) is 18.2. The third-order valence-electron chi connectivity index (χ3n) is 6.87. The van der Waals surface area contributed by atoms with Crippen LogP contribution in [-0.2, 0) is 27.1 Å². The van der Waals surface area contributed by atoms with Crippen molar-refractivity contribution in [3.05, 3.63) is 78.4 Å². The second kappa shape index (κ2) is 7.57. The van der Waals surface area contributed by atoms with Crippen molar-refractivity contribution in [2.24, 2.45) is 0 Å². The van der Waals surface area contributed by atoms with Crippen molar-refractivity contribution in [1.29, 1.82) is 0 Å². The molecule has 7 rings (SSSR count). The number of aliphatic hydroxyl groups is 1. The Morgan fingerprint density at radius 1 is 0.941 bits per heavy atom. The normalized spacial score (nSPS) is 26.7. The minimum atomic E-state index is -0.736. The molecule has 9 nitrogen and oxygen atoms in total. The molecule has 1 aliphatic carbocycles. The third kappa shape index (κ3) is 3.05. The molecule has 2 aromatic carbocycles. The van der Waals surface area contributed by atoms with Gasteiger partial charge >= 0.3 is 0 Å². The quantitative estimate of drug-likeness (QED) is 0.482. The average molecular weight is 457 g/mol. The van der Waals surface area contributed by atoms with Gasteiger partial charge in [0.05, 0.1) is 12.9 Å². The molecule has 2 fully saturated rings. The van der Waals surface area contributed by atoms with Crippen LogP contribution >= 0.6 is 0 Å². The molecule has 4 aromatic rings. The Kier molecular flexibility index (Phi) is 4.46. The molecule has 2 aliphatic heterocycles. The van der Waals surface area contributed by atoms with E-state index in [0.717, 1.165) is 5.69 Å². The van der Waals surface area contributed by atoms with Crippen LogP contribution in [0.2, 0.25) is 0 Å². The first-order chi connectivity index (χ1) is 16.7. The summed E-state index contributed by atoms with van der Waals surface area (Å²) in [5.74, 6) is -0.130. The number of nitrogens with zero attached hydrogens (tertiary/aromatic N) is 4. The number of anilines is 2. The molecule has 1 unspecified atom stereocenters. The van der Waals surface area contributed by atoms with Crippen molar-refractivity contribution >= 4 is 22.7 Å². The number of aromatic nitrogens is 4. The number of para-hydroxylation sites is 1. The van der Waals surface area contributed by atoms with Gasteiger partial charge in [-0.05, 0) is 23.3 Å². The molecular formula is C25H23N5O4. The molecule has 34 heavy (non-hydrogen) atoms. The number of ether oxygens (including phenoxy) is 3. The third-order valence-corrected chi connectivity index (χ3v) is 6.87. The number of hydrogen-bond donors (Lipinski definition) is 2. The number of fused-ring (bicyclic) bond motifs is 3. The van der Waals surface area contributed by atoms with E-state index in [9.17, 15) is 5.11 Å². The summed E-state index contributed by atoms with van der Waals surface area (Å²) in [5.41, 5.74) is 4.62. The average Bonchev–Trinajstić information content (AvgIpc) is 3.61. The van der Waals surface area contributed by atoms with Crippen molar-refractivity contribution < 1.29 is 19.3 Å². The molecule has 2 aromatic heterocycles. The lowest BCUT2D eigenvalue weighted by atomic mass is 10.1. The van der Waals surface area contributed by atoms with Crippen LogP contribution in [0.25, 0.3) is 11.2 Å². The summed E-state index contributed by atoms with van der Waals surface area (Å²) in [5, 5.41) is 13.3. The lowest BCUT2D eigenvalue weighted by molar-refractivity contribution is -0.213. The van der Waals surface area contributed by atoms with Gasteiger partial charge in [0.1, 0.15) is 24.6 Å². The summed E-state index contributed by atoms with van der Waals surface area (Å²) >= 11 is 0. The molecule has 9 heteroatoms. The highest BCUT2D eigenvalue weighted by atomic mass is 16.8. The van der Waals surface area contributed by atoms with Gasteiger partial charge in [-0.3, -0.25) is 4.57 Å². The maximum atomic E-state index is 10.0. The van der Waals surface area contributed by atoms with Gasteiger partial charge in [-0.25, -0.2) is 15.0 Å². The summed E-state index contributed by atoms with van der Waals surface area (Å²) in [4.78, 5) is 13.5. The summed E-state index contributed by atoms with van der Waals surface area (Å²) in [6.07, 6.45) is 2.74. The number of hydrogen-bond acceptors (Lipinski definition) is 8. The summed E-state index contributed by atoms with van der Waals surface area (Å²) in [6, 6.07) is 18.1. The van der Waals surface area contributed by atoms with E-state index in [1.54, 1.807) is 6.33 Å². The maximum absolute atomic E-state index is 10.0. The highest BCUT2D eigenvalue weighted by molar-refractivity contribution is 5.85. The summed E-state index contributed by atoms with van der Waals surface area (Å²) in [7, 11) is 0. The van der Waals surface area contributed by atoms with E-state index in [1.165, 1.54) is 17.5 Å². The smallest absolute Gasteiger partial charge is 0.177 e. The molecule has 2 saturated heterocycles. The molecule has 2 N–H and O–H groups in total. The number of rotatable bonds is 4. The highest BCUT2D eigenvalue weighted by Gasteiger charge is 2.60. The number of imidazole rings is 1. The number of nitrogens with one attached hydrogen (secondary N) is 1. The van der Waals surface area contributed by atoms with Crippen molar-refractivity contribution in [3.63, 3.8) is 0 Å². The minimum Gasteiger partial charge on any atom is -0.394 e. The van der Waals surface area contributed by atoms with Gasteiger partial charge in [-0.2, -0.15) is 0 Å². The van der Waals surface area contributed by atoms with E-state index >= 15 is 0 Å². The van der Waals surface area contributed by atoms with Gasteiger partial charge in [0.15, 0.2) is 29.0 Å². The van der Waals surface area contributed by atoms with Crippen LogP contribution in [0.1, 0.15) is 17.4 Å². The molecule has 1 spiro atoms. The standard InChI is InChI=1S/C25H23N5O4/c31-12-18-20-21(34-25(33-20)10-15-6-4-5-7-16(15)11-25)24(32-18)30-14-28-19-22(26-13-27-23(19)30)29-17-8-2-1-3-9-17/h1-9,13-14,18,20-21,24,31H,10-12H2,(H,26,27,29)/t18-,20?,21+,24-/m1/s1. The van der Waals surface area contributed by atoms with Crippen molar-refractivity contribution in [3.8, 4) is 0 Å². The molecule has 3 aliphatic rings. The lowest BCUT2D eigenvalue weighted by Crippen LogP contribution is -2.36. The minimum absolute atomic E-state index is 0.160. The Balaban J connectivity index is 1.22. The largest absolute Gasteiger partial charge is 0.394 e. The molecule has 0 saturated carbocycles. The summed E-state index contributed by atoms with van der Waals surface area (Å²) < 4.78 is 21.1. The van der Waals surface area contributed by atoms with E-state index in [1.807, 2.05) is 47.0 Å². The lowest BCUT2D eigenvalue weighted by Gasteiger charge is -2.27. The second-order valence-corrected chi connectivity index (χ2v) is 8.98. The van der Waals surface area contributed by atoms with Crippen LogP contribution in [0.15, 0.2) is 67.3 Å². The van der Waals surface area contributed by atoms with Gasteiger partial charge < -0.3 is 24.6 Å². The van der Waals surface area contributed by atoms with E-state index in [2.05, 4.69) is 32.4 Å². The number of aliphatic hydroxyl groups excluding tert-OH is 1. The Labute approximate surface area is 195 Å². The van der Waals surface area contributed by atoms with Crippen LogP contribution in [0.5, 0.6) is 0 Å². The van der Waals surface area contributed by atoms with E-state index < -0.39 is 24.2 Å². The fraction of sp³-hybridized carbons (Fsp3) is 0.320. The molecule has 0 bridgehead atoms. The van der Waals surface area contributed by atoms with Gasteiger partial charge in [0, 0.05) is 18.5 Å². The Hall–Kier alpha value is -3.37. The van der Waals surface area contributed by atoms with Gasteiger partial charge in [0.25, 0.3) is 0 Å². The van der Waals surface area contributed by atoms with Crippen LogP contribution in [0.4, 0.5) is 11.5 Å². The van der Waals surface area contributed by atoms with Crippen LogP contribution < -0.4 is 5.32 Å². The first kappa shape index (κ1) is 20.0. The fourth-order valence-corrected chi connectivity index (χ4v) is 5.37. The SMILES string of the molecule is OC[C@H]1O[C@@H](n2cnc3c(Nc4ccccc4)ncnc32)[C@H]2OC3(Cc4ccccc4C3)OC12. The van der Waals surface area contributed by atoms with E-state index in [0.29, 0.717) is 29.8 Å². The van der Waals surface area contributed by atoms with Crippen LogP contribution in [-0.4, -0.2) is 55.3 Å². The van der Waals surface area contributed by atoms with E-state index in [-0.39, 0.29) is 12.7 Å². The molecule has 4 atom stereocenters. The van der Waals surface area contributed by atoms with Crippen LogP contribution in [0.3, 0.4) is 0 Å². The Morgan fingerprint density at radius 3 is 2.44 bits per heavy atom. The van der Waals surface area contributed by atoms with Gasteiger partial charge in [-0.1, -0.05) is 42.5 Å². The van der Waals surface area contributed by atoms with Gasteiger partial charge in [-0.15, -0.1) is 0 Å².